The highest BCUT2D eigenvalue weighted by molar-refractivity contribution is 7.93. The van der Waals surface area contributed by atoms with Crippen LogP contribution in [0.25, 0.3) is 10.9 Å². The Morgan fingerprint density at radius 3 is 2.42 bits per heavy atom. The van der Waals surface area contributed by atoms with E-state index in [0.29, 0.717) is 55.4 Å². The molecule has 1 atom stereocenters. The highest BCUT2D eigenvalue weighted by atomic mass is 32.2. The molecule has 1 aliphatic rings. The van der Waals surface area contributed by atoms with Crippen LogP contribution in [0.1, 0.15) is 60.8 Å². The summed E-state index contributed by atoms with van der Waals surface area (Å²) in [5.41, 5.74) is 0.608. The number of rotatable bonds is 10. The molecule has 1 saturated heterocycles. The van der Waals surface area contributed by atoms with E-state index in [1.54, 1.807) is 19.1 Å². The molecule has 0 amide bonds. The second-order valence-electron chi connectivity index (χ2n) is 11.6. The lowest BCUT2D eigenvalue weighted by molar-refractivity contribution is 0.0523. The fourth-order valence-electron chi connectivity index (χ4n) is 5.43. The van der Waals surface area contributed by atoms with E-state index in [4.69, 9.17) is 18.4 Å². The smallest absolute Gasteiger partial charge is 0.343 e. The molecule has 3 aromatic rings. The number of hydrogen-bond acceptors (Lipinski definition) is 8. The number of hydrogen-bond donors (Lipinski definition) is 0. The zero-order valence-electron chi connectivity index (χ0n) is 25.8. The van der Waals surface area contributed by atoms with Crippen molar-refractivity contribution in [1.29, 1.82) is 0 Å². The maximum absolute atomic E-state index is 15.5. The summed E-state index contributed by atoms with van der Waals surface area (Å²) in [5.74, 6) is -1.56. The van der Waals surface area contributed by atoms with Crippen molar-refractivity contribution >= 4 is 34.6 Å². The van der Waals surface area contributed by atoms with Crippen molar-refractivity contribution < 1.29 is 32.0 Å². The largest absolute Gasteiger partial charge is 0.496 e. The van der Waals surface area contributed by atoms with Gasteiger partial charge in [0.05, 0.1) is 50.8 Å². The standard InChI is InChI=1S/C32H40F2N2O6S/c1-8-41-31(38)23-17-36(27(18-42-43-7)32(3,4)5)24-16-26(39-6)20(14-22(24)30(23)37)13-21-15-25(29(34)19(2)28(21)33)35-9-11-40-12-10-35/h14-17,27H,8-13,18H2,1-7H3/t27-/m1/s1. The lowest BCUT2D eigenvalue weighted by atomic mass is 9.86. The highest BCUT2D eigenvalue weighted by Gasteiger charge is 2.30. The Bertz CT molecular complexity index is 1550. The van der Waals surface area contributed by atoms with Gasteiger partial charge < -0.3 is 27.9 Å². The number of esters is 1. The van der Waals surface area contributed by atoms with Crippen molar-refractivity contribution in [1.82, 2.24) is 4.57 Å². The SMILES string of the molecule is CCOC(=O)c1cn([C@H](COSC)C(C)(C)C)c2cc(OC)c(Cc3cc(N4CCOCC4)c(F)c(C)c3F)cc2c1=O. The van der Waals surface area contributed by atoms with Crippen LogP contribution in [0.3, 0.4) is 0 Å². The van der Waals surface area contributed by atoms with Crippen LogP contribution < -0.4 is 15.1 Å². The summed E-state index contributed by atoms with van der Waals surface area (Å²) in [6.07, 6.45) is 3.38. The Morgan fingerprint density at radius 1 is 1.12 bits per heavy atom. The Labute approximate surface area is 255 Å². The first-order chi connectivity index (χ1) is 20.4. The van der Waals surface area contributed by atoms with Crippen molar-refractivity contribution in [3.05, 3.63) is 68.5 Å². The zero-order chi connectivity index (χ0) is 31.5. The minimum atomic E-state index is -0.727. The van der Waals surface area contributed by atoms with Crippen LogP contribution in [0.4, 0.5) is 14.5 Å². The number of pyridine rings is 1. The number of fused-ring (bicyclic) bond motifs is 1. The molecule has 0 spiro atoms. The summed E-state index contributed by atoms with van der Waals surface area (Å²) in [6, 6.07) is 4.61. The first kappa shape index (κ1) is 32.8. The Morgan fingerprint density at radius 2 is 1.81 bits per heavy atom. The fraction of sp³-hybridized carbons (Fsp3) is 0.500. The van der Waals surface area contributed by atoms with Gasteiger partial charge in [0.1, 0.15) is 17.1 Å². The Hall–Kier alpha value is -3.15. The molecule has 43 heavy (non-hydrogen) atoms. The average Bonchev–Trinajstić information content (AvgIpc) is 2.98. The van der Waals surface area contributed by atoms with Crippen LogP contribution in [0.2, 0.25) is 0 Å². The van der Waals surface area contributed by atoms with Gasteiger partial charge in [-0.3, -0.25) is 4.79 Å². The molecule has 0 N–H and O–H groups in total. The third-order valence-electron chi connectivity index (χ3n) is 7.82. The topological polar surface area (TPSA) is 79.2 Å². The summed E-state index contributed by atoms with van der Waals surface area (Å²) < 4.78 is 54.7. The molecule has 234 valence electrons. The summed E-state index contributed by atoms with van der Waals surface area (Å²) in [5, 5.41) is 0.257. The van der Waals surface area contributed by atoms with Crippen molar-refractivity contribution in [3.63, 3.8) is 0 Å². The molecule has 0 bridgehead atoms. The number of carbonyl (C=O) groups excluding carboxylic acids is 1. The number of ether oxygens (including phenoxy) is 3. The normalized spacial score (nSPS) is 14.7. The molecule has 2 heterocycles. The number of methoxy groups -OCH3 is 1. The van der Waals surface area contributed by atoms with E-state index in [-0.39, 0.29) is 46.6 Å². The molecule has 1 aliphatic heterocycles. The van der Waals surface area contributed by atoms with Crippen LogP contribution in [-0.4, -0.2) is 63.4 Å². The predicted molar refractivity (Wildman–Crippen MR) is 166 cm³/mol. The summed E-state index contributed by atoms with van der Waals surface area (Å²) in [4.78, 5) is 28.6. The van der Waals surface area contributed by atoms with Crippen molar-refractivity contribution in [3.8, 4) is 5.75 Å². The third kappa shape index (κ3) is 6.84. The molecule has 1 aromatic heterocycles. The van der Waals surface area contributed by atoms with Gasteiger partial charge in [-0.25, -0.2) is 13.6 Å². The minimum absolute atomic E-state index is 0.0325. The maximum atomic E-state index is 15.5. The quantitative estimate of drug-likeness (QED) is 0.200. The van der Waals surface area contributed by atoms with Crippen molar-refractivity contribution in [2.75, 3.05) is 57.8 Å². The molecule has 11 heteroatoms. The molecular formula is C32H40F2N2O6S. The molecule has 1 fully saturated rings. The number of halogens is 2. The second-order valence-corrected chi connectivity index (χ2v) is 12.2. The number of benzene rings is 2. The predicted octanol–water partition coefficient (Wildman–Crippen LogP) is 6.08. The summed E-state index contributed by atoms with van der Waals surface area (Å²) in [6.45, 7) is 11.5. The van der Waals surface area contributed by atoms with E-state index in [9.17, 15) is 9.59 Å². The van der Waals surface area contributed by atoms with Crippen LogP contribution in [0, 0.1) is 24.0 Å². The van der Waals surface area contributed by atoms with Gasteiger partial charge in [0.25, 0.3) is 0 Å². The molecule has 4 rings (SSSR count). The minimum Gasteiger partial charge on any atom is -0.496 e. The number of nitrogens with zero attached hydrogens (tertiary/aromatic N) is 2. The molecule has 0 radical (unpaired) electrons. The van der Waals surface area contributed by atoms with Crippen LogP contribution >= 0.6 is 12.0 Å². The maximum Gasteiger partial charge on any atom is 0.343 e. The number of carbonyl (C=O) groups is 1. The second kappa shape index (κ2) is 13.7. The Kier molecular flexibility index (Phi) is 10.4. The van der Waals surface area contributed by atoms with Gasteiger partial charge >= 0.3 is 5.97 Å². The van der Waals surface area contributed by atoms with E-state index in [1.165, 1.54) is 38.3 Å². The van der Waals surface area contributed by atoms with Gasteiger partial charge in [0, 0.05) is 49.0 Å². The molecule has 0 aliphatic carbocycles. The highest BCUT2D eigenvalue weighted by Crippen LogP contribution is 2.37. The van der Waals surface area contributed by atoms with Gasteiger partial charge in [-0.1, -0.05) is 20.8 Å². The average molecular weight is 619 g/mol. The van der Waals surface area contributed by atoms with Gasteiger partial charge in [-0.05, 0) is 54.6 Å². The third-order valence-corrected chi connectivity index (χ3v) is 8.19. The van der Waals surface area contributed by atoms with Crippen LogP contribution in [0.5, 0.6) is 5.75 Å². The lowest BCUT2D eigenvalue weighted by Gasteiger charge is -2.34. The van der Waals surface area contributed by atoms with Gasteiger partial charge in [0.2, 0.25) is 5.43 Å². The monoisotopic (exact) mass is 618 g/mol. The van der Waals surface area contributed by atoms with Gasteiger partial charge in [0.15, 0.2) is 5.82 Å². The number of morpholine rings is 1. The molecule has 0 unspecified atom stereocenters. The summed E-state index contributed by atoms with van der Waals surface area (Å²) in [7, 11) is 1.50. The van der Waals surface area contributed by atoms with Crippen LogP contribution in [-0.2, 0) is 20.1 Å². The first-order valence-corrected chi connectivity index (χ1v) is 15.5. The molecule has 0 saturated carbocycles. The van der Waals surface area contributed by atoms with Gasteiger partial charge in [-0.2, -0.15) is 0 Å². The van der Waals surface area contributed by atoms with E-state index >= 15 is 8.78 Å². The lowest BCUT2D eigenvalue weighted by Crippen LogP contribution is -2.37. The number of anilines is 1. The molecule has 8 nitrogen and oxygen atoms in total. The van der Waals surface area contributed by atoms with E-state index < -0.39 is 23.0 Å². The first-order valence-electron chi connectivity index (χ1n) is 14.3. The van der Waals surface area contributed by atoms with E-state index in [1.807, 2.05) is 36.5 Å². The van der Waals surface area contributed by atoms with Crippen molar-refractivity contribution in [2.24, 2.45) is 5.41 Å². The van der Waals surface area contributed by atoms with E-state index in [0.717, 1.165) is 0 Å². The Balaban J connectivity index is 1.94. The number of aromatic nitrogens is 1. The van der Waals surface area contributed by atoms with Crippen molar-refractivity contribution in [2.45, 2.75) is 47.1 Å². The van der Waals surface area contributed by atoms with Gasteiger partial charge in [-0.15, -0.1) is 0 Å². The fourth-order valence-corrected chi connectivity index (χ4v) is 5.70. The zero-order valence-corrected chi connectivity index (χ0v) is 26.7. The summed E-state index contributed by atoms with van der Waals surface area (Å²) >= 11 is 1.23. The molecule has 2 aromatic carbocycles. The van der Waals surface area contributed by atoms with Crippen LogP contribution in [0.15, 0.2) is 29.2 Å². The molecular weight excluding hydrogens is 578 g/mol. The van der Waals surface area contributed by atoms with E-state index in [2.05, 4.69) is 0 Å².